The second kappa shape index (κ2) is 9.71. The van der Waals surface area contributed by atoms with E-state index in [9.17, 15) is 14.4 Å². The lowest BCUT2D eigenvalue weighted by molar-refractivity contribution is -0.117. The van der Waals surface area contributed by atoms with E-state index in [1.807, 2.05) is 12.1 Å². The van der Waals surface area contributed by atoms with Crippen LogP contribution in [0, 0.1) is 0 Å². The number of rotatable bonds is 6. The highest BCUT2D eigenvalue weighted by Crippen LogP contribution is 2.25. The SMILES string of the molecule is CC(=O)c1cc(Cl)ccc1OCC1CN(C(=O)c2ccc(N3CCCC3=O)cc2)CCO1. The van der Waals surface area contributed by atoms with Crippen molar-refractivity contribution in [2.24, 2.45) is 0 Å². The number of ketones is 1. The maximum atomic E-state index is 13.0. The van der Waals surface area contributed by atoms with Crippen molar-refractivity contribution in [2.75, 3.05) is 37.7 Å². The maximum Gasteiger partial charge on any atom is 0.254 e. The quantitative estimate of drug-likeness (QED) is 0.621. The van der Waals surface area contributed by atoms with Crippen LogP contribution in [0.3, 0.4) is 0 Å². The maximum absolute atomic E-state index is 13.0. The summed E-state index contributed by atoms with van der Waals surface area (Å²) < 4.78 is 11.6. The Morgan fingerprint density at radius 2 is 1.94 bits per heavy atom. The molecular formula is C24H25ClN2O5. The summed E-state index contributed by atoms with van der Waals surface area (Å²) in [4.78, 5) is 40.2. The number of amides is 2. The van der Waals surface area contributed by atoms with E-state index in [-0.39, 0.29) is 30.3 Å². The van der Waals surface area contributed by atoms with Gasteiger partial charge in [-0.15, -0.1) is 0 Å². The van der Waals surface area contributed by atoms with Gasteiger partial charge in [0.25, 0.3) is 5.91 Å². The molecule has 2 aliphatic rings. The predicted molar refractivity (Wildman–Crippen MR) is 121 cm³/mol. The van der Waals surface area contributed by atoms with Gasteiger partial charge in [-0.25, -0.2) is 0 Å². The lowest BCUT2D eigenvalue weighted by Gasteiger charge is -2.33. The van der Waals surface area contributed by atoms with Gasteiger partial charge in [0.1, 0.15) is 18.5 Å². The molecule has 1 atom stereocenters. The molecule has 2 saturated heterocycles. The number of hydrogen-bond donors (Lipinski definition) is 0. The first-order valence-electron chi connectivity index (χ1n) is 10.7. The summed E-state index contributed by atoms with van der Waals surface area (Å²) >= 11 is 5.98. The first-order valence-corrected chi connectivity index (χ1v) is 11.0. The summed E-state index contributed by atoms with van der Waals surface area (Å²) in [5.41, 5.74) is 1.80. The summed E-state index contributed by atoms with van der Waals surface area (Å²) in [6.45, 7) is 3.66. The number of ether oxygens (including phenoxy) is 2. The standard InChI is InChI=1S/C24H25ClN2O5/c1-16(28)21-13-18(25)6-9-22(21)32-15-20-14-26(11-12-31-20)24(30)17-4-7-19(8-5-17)27-10-2-3-23(27)29/h4-9,13,20H,2-3,10-12,14-15H2,1H3. The molecular weight excluding hydrogens is 432 g/mol. The Kier molecular flexibility index (Phi) is 6.77. The molecule has 168 valence electrons. The van der Waals surface area contributed by atoms with Crippen molar-refractivity contribution in [2.45, 2.75) is 25.9 Å². The smallest absolute Gasteiger partial charge is 0.254 e. The first-order chi connectivity index (χ1) is 15.4. The number of anilines is 1. The fourth-order valence-corrected chi connectivity index (χ4v) is 4.15. The third kappa shape index (κ3) is 4.95. The van der Waals surface area contributed by atoms with Crippen LogP contribution in [-0.2, 0) is 9.53 Å². The van der Waals surface area contributed by atoms with Crippen molar-refractivity contribution in [3.05, 3.63) is 58.6 Å². The molecule has 8 heteroatoms. The zero-order valence-corrected chi connectivity index (χ0v) is 18.6. The van der Waals surface area contributed by atoms with Crippen molar-refractivity contribution in [1.29, 1.82) is 0 Å². The largest absolute Gasteiger partial charge is 0.490 e. The Hall–Kier alpha value is -2.90. The third-order valence-electron chi connectivity index (χ3n) is 5.67. The monoisotopic (exact) mass is 456 g/mol. The van der Waals surface area contributed by atoms with Crippen LogP contribution in [0.15, 0.2) is 42.5 Å². The molecule has 0 N–H and O–H groups in total. The van der Waals surface area contributed by atoms with Crippen LogP contribution in [0.2, 0.25) is 5.02 Å². The van der Waals surface area contributed by atoms with Crippen LogP contribution >= 0.6 is 11.6 Å². The molecule has 7 nitrogen and oxygen atoms in total. The molecule has 2 aromatic rings. The van der Waals surface area contributed by atoms with Gasteiger partial charge in [-0.1, -0.05) is 11.6 Å². The lowest BCUT2D eigenvalue weighted by Crippen LogP contribution is -2.47. The zero-order chi connectivity index (χ0) is 22.7. The lowest BCUT2D eigenvalue weighted by atomic mass is 10.1. The van der Waals surface area contributed by atoms with Crippen molar-refractivity contribution < 1.29 is 23.9 Å². The average molecular weight is 457 g/mol. The Bertz CT molecular complexity index is 1020. The van der Waals surface area contributed by atoms with E-state index in [0.717, 1.165) is 18.7 Å². The Morgan fingerprint density at radius 3 is 2.62 bits per heavy atom. The van der Waals surface area contributed by atoms with E-state index in [1.165, 1.54) is 6.92 Å². The van der Waals surface area contributed by atoms with Crippen LogP contribution in [0.5, 0.6) is 5.75 Å². The van der Waals surface area contributed by atoms with E-state index in [4.69, 9.17) is 21.1 Å². The number of nitrogens with zero attached hydrogens (tertiary/aromatic N) is 2. The second-order valence-electron chi connectivity index (χ2n) is 7.95. The average Bonchev–Trinajstić information content (AvgIpc) is 3.23. The summed E-state index contributed by atoms with van der Waals surface area (Å²) in [5.74, 6) is 0.339. The highest BCUT2D eigenvalue weighted by atomic mass is 35.5. The number of hydrogen-bond acceptors (Lipinski definition) is 5. The molecule has 2 fully saturated rings. The minimum absolute atomic E-state index is 0.0893. The van der Waals surface area contributed by atoms with Gasteiger partial charge in [-0.05, 0) is 55.8 Å². The van der Waals surface area contributed by atoms with Crippen LogP contribution in [-0.4, -0.2) is 61.4 Å². The topological polar surface area (TPSA) is 76.2 Å². The third-order valence-corrected chi connectivity index (χ3v) is 5.91. The van der Waals surface area contributed by atoms with Crippen LogP contribution < -0.4 is 9.64 Å². The van der Waals surface area contributed by atoms with Gasteiger partial charge >= 0.3 is 0 Å². The van der Waals surface area contributed by atoms with Crippen LogP contribution in [0.25, 0.3) is 0 Å². The molecule has 0 saturated carbocycles. The van der Waals surface area contributed by atoms with Crippen LogP contribution in [0.4, 0.5) is 5.69 Å². The second-order valence-corrected chi connectivity index (χ2v) is 8.38. The summed E-state index contributed by atoms with van der Waals surface area (Å²) in [7, 11) is 0. The summed E-state index contributed by atoms with van der Waals surface area (Å²) in [6.07, 6.45) is 1.12. The molecule has 0 aliphatic carbocycles. The minimum Gasteiger partial charge on any atom is -0.490 e. The molecule has 2 heterocycles. The highest BCUT2D eigenvalue weighted by Gasteiger charge is 2.27. The van der Waals surface area contributed by atoms with Gasteiger partial charge in [0.2, 0.25) is 5.91 Å². The van der Waals surface area contributed by atoms with Crippen molar-refractivity contribution in [3.63, 3.8) is 0 Å². The molecule has 0 aromatic heterocycles. The molecule has 2 aliphatic heterocycles. The number of Topliss-reactive ketones (excluding diaryl/α,β-unsaturated/α-hetero) is 1. The molecule has 0 bridgehead atoms. The molecule has 4 rings (SSSR count). The van der Waals surface area contributed by atoms with Crippen molar-refractivity contribution in [1.82, 2.24) is 4.90 Å². The number of halogens is 1. The molecule has 0 radical (unpaired) electrons. The van der Waals surface area contributed by atoms with Gasteiger partial charge in [0.05, 0.1) is 18.7 Å². The molecule has 2 amide bonds. The van der Waals surface area contributed by atoms with E-state index in [2.05, 4.69) is 0 Å². The van der Waals surface area contributed by atoms with Crippen molar-refractivity contribution in [3.8, 4) is 5.75 Å². The van der Waals surface area contributed by atoms with E-state index in [1.54, 1.807) is 40.1 Å². The van der Waals surface area contributed by atoms with Gasteiger partial charge in [-0.3, -0.25) is 14.4 Å². The van der Waals surface area contributed by atoms with Gasteiger partial charge in [-0.2, -0.15) is 0 Å². The van der Waals surface area contributed by atoms with Crippen molar-refractivity contribution >= 4 is 34.9 Å². The summed E-state index contributed by atoms with van der Waals surface area (Å²) in [5, 5.41) is 0.466. The van der Waals surface area contributed by atoms with Gasteiger partial charge in [0, 0.05) is 35.8 Å². The van der Waals surface area contributed by atoms with Gasteiger partial charge < -0.3 is 19.3 Å². The van der Waals surface area contributed by atoms with Crippen LogP contribution in [0.1, 0.15) is 40.5 Å². The molecule has 0 spiro atoms. The number of carbonyl (C=O) groups excluding carboxylic acids is 3. The minimum atomic E-state index is -0.315. The fraction of sp³-hybridized carbons (Fsp3) is 0.375. The summed E-state index contributed by atoms with van der Waals surface area (Å²) in [6, 6.07) is 12.1. The number of morpholine rings is 1. The first kappa shape index (κ1) is 22.3. The molecule has 1 unspecified atom stereocenters. The zero-order valence-electron chi connectivity index (χ0n) is 17.9. The Labute approximate surface area is 191 Å². The fourth-order valence-electron chi connectivity index (χ4n) is 3.98. The van der Waals surface area contributed by atoms with E-state index >= 15 is 0 Å². The molecule has 32 heavy (non-hydrogen) atoms. The van der Waals surface area contributed by atoms with E-state index < -0.39 is 0 Å². The number of benzene rings is 2. The molecule has 2 aromatic carbocycles. The Morgan fingerprint density at radius 1 is 1.16 bits per heavy atom. The predicted octanol–water partition coefficient (Wildman–Crippen LogP) is 3.59. The normalized spacial score (nSPS) is 18.7. The number of carbonyl (C=O) groups is 3. The highest BCUT2D eigenvalue weighted by molar-refractivity contribution is 6.31. The Balaban J connectivity index is 1.37. The van der Waals surface area contributed by atoms with Gasteiger partial charge in [0.15, 0.2) is 5.78 Å². The van der Waals surface area contributed by atoms with E-state index in [0.29, 0.717) is 48.0 Å².